The topological polar surface area (TPSA) is 49.4 Å². The van der Waals surface area contributed by atoms with Crippen LogP contribution in [0.25, 0.3) is 0 Å². The molecule has 0 aromatic heterocycles. The first-order valence-corrected chi connectivity index (χ1v) is 8.39. The number of halogens is 4. The van der Waals surface area contributed by atoms with Crippen LogP contribution in [0.5, 0.6) is 0 Å². The molecule has 0 spiro atoms. The second-order valence-electron chi connectivity index (χ2n) is 6.14. The molecule has 0 radical (unpaired) electrons. The molecule has 0 heterocycles. The average Bonchev–Trinajstić information content (AvgIpc) is 2.54. The van der Waals surface area contributed by atoms with E-state index in [1.807, 2.05) is 26.0 Å². The van der Waals surface area contributed by atoms with Gasteiger partial charge in [0.15, 0.2) is 0 Å². The van der Waals surface area contributed by atoms with Gasteiger partial charge in [0, 0.05) is 18.3 Å². The largest absolute Gasteiger partial charge is 0.417 e. The Hall–Kier alpha value is -2.54. The van der Waals surface area contributed by atoms with Crippen molar-refractivity contribution in [3.05, 3.63) is 58.1 Å². The first-order chi connectivity index (χ1) is 12.5. The van der Waals surface area contributed by atoms with Crippen LogP contribution in [0.4, 0.5) is 24.5 Å². The highest BCUT2D eigenvalue weighted by atomic mass is 35.5. The van der Waals surface area contributed by atoms with E-state index in [4.69, 9.17) is 11.6 Å². The van der Waals surface area contributed by atoms with Gasteiger partial charge in [0.1, 0.15) is 6.54 Å². The molecule has 2 rings (SSSR count). The molecule has 0 aliphatic heterocycles. The summed E-state index contributed by atoms with van der Waals surface area (Å²) in [6.07, 6.45) is -4.64. The summed E-state index contributed by atoms with van der Waals surface area (Å²) in [5.41, 5.74) is 1.28. The Bertz CT molecular complexity index is 882. The predicted octanol–water partition coefficient (Wildman–Crippen LogP) is 4.97. The molecule has 2 amide bonds. The molecule has 0 fully saturated rings. The van der Waals surface area contributed by atoms with Gasteiger partial charge in [-0.2, -0.15) is 13.2 Å². The van der Waals surface area contributed by atoms with Crippen molar-refractivity contribution in [2.45, 2.75) is 26.9 Å². The van der Waals surface area contributed by atoms with Gasteiger partial charge in [-0.05, 0) is 43.7 Å². The normalized spacial score (nSPS) is 11.2. The van der Waals surface area contributed by atoms with E-state index in [-0.39, 0.29) is 18.1 Å². The molecule has 144 valence electrons. The highest BCUT2D eigenvalue weighted by molar-refractivity contribution is 6.31. The first kappa shape index (κ1) is 20.8. The molecule has 0 saturated carbocycles. The Kier molecular flexibility index (Phi) is 6.15. The third-order valence-corrected chi connectivity index (χ3v) is 4.21. The van der Waals surface area contributed by atoms with E-state index in [9.17, 15) is 22.8 Å². The van der Waals surface area contributed by atoms with Crippen LogP contribution in [-0.4, -0.2) is 18.4 Å². The lowest BCUT2D eigenvalue weighted by Crippen LogP contribution is -2.37. The number of hydrogen-bond acceptors (Lipinski definition) is 2. The summed E-state index contributed by atoms with van der Waals surface area (Å²) in [5.74, 6) is -0.982. The van der Waals surface area contributed by atoms with Crippen LogP contribution in [0.2, 0.25) is 5.02 Å². The highest BCUT2D eigenvalue weighted by Gasteiger charge is 2.33. The minimum atomic E-state index is -4.64. The van der Waals surface area contributed by atoms with Gasteiger partial charge in [-0.1, -0.05) is 29.3 Å². The van der Waals surface area contributed by atoms with E-state index >= 15 is 0 Å². The fourth-order valence-corrected chi connectivity index (χ4v) is 2.86. The number of rotatable bonds is 4. The lowest BCUT2D eigenvalue weighted by Gasteiger charge is -2.23. The van der Waals surface area contributed by atoms with Gasteiger partial charge in [-0.15, -0.1) is 0 Å². The number of benzene rings is 2. The molecule has 0 unspecified atom stereocenters. The number of carbonyl (C=O) groups is 2. The molecule has 2 aromatic carbocycles. The summed E-state index contributed by atoms with van der Waals surface area (Å²) >= 11 is 5.57. The fraction of sp³-hybridized carbons (Fsp3) is 0.263. The lowest BCUT2D eigenvalue weighted by molar-refractivity contribution is -0.137. The Balaban J connectivity index is 2.21. The second kappa shape index (κ2) is 8.00. The van der Waals surface area contributed by atoms with Gasteiger partial charge < -0.3 is 10.2 Å². The number of nitrogens with one attached hydrogen (secondary N) is 1. The Labute approximate surface area is 159 Å². The summed E-state index contributed by atoms with van der Waals surface area (Å²) < 4.78 is 38.8. The Morgan fingerprint density at radius 1 is 1.11 bits per heavy atom. The molecule has 8 heteroatoms. The number of alkyl halides is 3. The maximum absolute atomic E-state index is 12.9. The molecule has 0 aliphatic rings. The quantitative estimate of drug-likeness (QED) is 0.790. The zero-order chi connectivity index (χ0) is 20.4. The van der Waals surface area contributed by atoms with Crippen molar-refractivity contribution in [3.8, 4) is 0 Å². The van der Waals surface area contributed by atoms with Crippen LogP contribution >= 0.6 is 11.6 Å². The highest BCUT2D eigenvalue weighted by Crippen LogP contribution is 2.36. The molecule has 1 N–H and O–H groups in total. The molecule has 2 aromatic rings. The van der Waals surface area contributed by atoms with Crippen LogP contribution in [0.15, 0.2) is 36.4 Å². The van der Waals surface area contributed by atoms with E-state index < -0.39 is 22.7 Å². The molecule has 4 nitrogen and oxygen atoms in total. The maximum Gasteiger partial charge on any atom is 0.417 e. The third kappa shape index (κ3) is 5.23. The van der Waals surface area contributed by atoms with E-state index in [1.54, 1.807) is 6.07 Å². The summed E-state index contributed by atoms with van der Waals surface area (Å²) in [4.78, 5) is 25.6. The molecule has 0 aliphatic carbocycles. The predicted molar refractivity (Wildman–Crippen MR) is 99.0 cm³/mol. The number of aryl methyl sites for hydroxylation is 2. The summed E-state index contributed by atoms with van der Waals surface area (Å²) in [6, 6.07) is 8.50. The second-order valence-corrected chi connectivity index (χ2v) is 6.54. The average molecular weight is 399 g/mol. The third-order valence-electron chi connectivity index (χ3n) is 3.88. The molecule has 0 saturated heterocycles. The van der Waals surface area contributed by atoms with Crippen LogP contribution in [-0.2, 0) is 15.8 Å². The van der Waals surface area contributed by atoms with Crippen LogP contribution in [0, 0.1) is 13.8 Å². The number of amides is 2. The summed E-state index contributed by atoms with van der Waals surface area (Å²) in [5, 5.41) is 1.92. The lowest BCUT2D eigenvalue weighted by atomic mass is 10.1. The van der Waals surface area contributed by atoms with Crippen molar-refractivity contribution in [2.24, 2.45) is 0 Å². The van der Waals surface area contributed by atoms with E-state index in [0.717, 1.165) is 23.3 Å². The van der Waals surface area contributed by atoms with Crippen molar-refractivity contribution in [3.63, 3.8) is 0 Å². The SMILES string of the molecule is CC(=O)N(CC(=O)Nc1ccc(Cl)c(C(F)(F)F)c1)c1ccc(C)cc1C. The smallest absolute Gasteiger partial charge is 0.325 e. The van der Waals surface area contributed by atoms with Gasteiger partial charge in [0.2, 0.25) is 11.8 Å². The summed E-state index contributed by atoms with van der Waals surface area (Å²) in [6.45, 7) is 4.70. The number of nitrogens with zero attached hydrogens (tertiary/aromatic N) is 1. The van der Waals surface area contributed by atoms with Crippen molar-refractivity contribution in [1.29, 1.82) is 0 Å². The van der Waals surface area contributed by atoms with Crippen molar-refractivity contribution >= 4 is 34.8 Å². The van der Waals surface area contributed by atoms with Crippen LogP contribution in [0.1, 0.15) is 23.6 Å². The maximum atomic E-state index is 12.9. The van der Waals surface area contributed by atoms with Crippen molar-refractivity contribution < 1.29 is 22.8 Å². The number of hydrogen-bond donors (Lipinski definition) is 1. The van der Waals surface area contributed by atoms with Crippen LogP contribution < -0.4 is 10.2 Å². The monoisotopic (exact) mass is 398 g/mol. The molecular weight excluding hydrogens is 381 g/mol. The zero-order valence-electron chi connectivity index (χ0n) is 14.9. The molecule has 0 bridgehead atoms. The van der Waals surface area contributed by atoms with Gasteiger partial charge in [0.25, 0.3) is 0 Å². The van der Waals surface area contributed by atoms with Gasteiger partial charge in [-0.3, -0.25) is 9.59 Å². The summed E-state index contributed by atoms with van der Waals surface area (Å²) in [7, 11) is 0. The van der Waals surface area contributed by atoms with Gasteiger partial charge in [0.05, 0.1) is 10.6 Å². The van der Waals surface area contributed by atoms with E-state index in [0.29, 0.717) is 5.69 Å². The van der Waals surface area contributed by atoms with Crippen LogP contribution in [0.3, 0.4) is 0 Å². The minimum absolute atomic E-state index is 0.0548. The Morgan fingerprint density at radius 3 is 2.33 bits per heavy atom. The number of anilines is 2. The van der Waals surface area contributed by atoms with E-state index in [2.05, 4.69) is 5.32 Å². The Morgan fingerprint density at radius 2 is 1.78 bits per heavy atom. The van der Waals surface area contributed by atoms with E-state index in [1.165, 1.54) is 17.9 Å². The first-order valence-electron chi connectivity index (χ1n) is 8.01. The van der Waals surface area contributed by atoms with Gasteiger partial charge in [-0.25, -0.2) is 0 Å². The molecule has 27 heavy (non-hydrogen) atoms. The van der Waals surface area contributed by atoms with Crippen molar-refractivity contribution in [2.75, 3.05) is 16.8 Å². The standard InChI is InChI=1S/C19H18ClF3N2O2/c1-11-4-7-17(12(2)8-11)25(13(3)26)10-18(27)24-14-5-6-16(20)15(9-14)19(21,22)23/h4-9H,10H2,1-3H3,(H,24,27). The molecular formula is C19H18ClF3N2O2. The molecule has 0 atom stereocenters. The number of carbonyl (C=O) groups excluding carboxylic acids is 2. The minimum Gasteiger partial charge on any atom is -0.325 e. The zero-order valence-corrected chi connectivity index (χ0v) is 15.7. The van der Waals surface area contributed by atoms with Crippen molar-refractivity contribution in [1.82, 2.24) is 0 Å². The fourth-order valence-electron chi connectivity index (χ4n) is 2.64. The van der Waals surface area contributed by atoms with Gasteiger partial charge >= 0.3 is 6.18 Å².